The monoisotopic (exact) mass is 506 g/mol. The van der Waals surface area contributed by atoms with E-state index in [9.17, 15) is 9.59 Å². The highest BCUT2D eigenvalue weighted by Gasteiger charge is 2.54. The molecule has 204 valence electrons. The van der Waals surface area contributed by atoms with Crippen LogP contribution in [0.1, 0.15) is 140 Å². The van der Waals surface area contributed by atoms with Crippen LogP contribution in [0.5, 0.6) is 5.75 Å². The van der Waals surface area contributed by atoms with Crippen molar-refractivity contribution in [2.75, 3.05) is 0 Å². The molecule has 0 heterocycles. The molecule has 0 N–H and O–H groups in total. The Bertz CT molecular complexity index is 931. The Balaban J connectivity index is 1.13. The van der Waals surface area contributed by atoms with E-state index in [0.29, 0.717) is 35.7 Å². The highest BCUT2D eigenvalue weighted by Crippen LogP contribution is 2.59. The Kier molecular flexibility index (Phi) is 10.5. The van der Waals surface area contributed by atoms with Crippen LogP contribution >= 0.6 is 0 Å². The molecule has 2 saturated carbocycles. The fraction of sp³-hybridized carbons (Fsp3) is 0.706. The molecule has 0 aliphatic heterocycles. The zero-order valence-electron chi connectivity index (χ0n) is 23.6. The quantitative estimate of drug-likeness (QED) is 0.109. The first-order chi connectivity index (χ1) is 18.0. The molecule has 4 rings (SSSR count). The molecule has 3 heteroatoms. The number of hydrogen-bond donors (Lipinski definition) is 0. The van der Waals surface area contributed by atoms with E-state index in [4.69, 9.17) is 4.74 Å². The zero-order chi connectivity index (χ0) is 26.1. The maximum atomic E-state index is 12.6. The van der Waals surface area contributed by atoms with Gasteiger partial charge in [-0.25, -0.2) is 0 Å². The third kappa shape index (κ3) is 7.15. The molecule has 0 amide bonds. The van der Waals surface area contributed by atoms with Gasteiger partial charge in [-0.3, -0.25) is 9.59 Å². The molecule has 37 heavy (non-hydrogen) atoms. The number of unbranched alkanes of at least 4 members (excludes halogenated alkanes) is 9. The van der Waals surface area contributed by atoms with Crippen molar-refractivity contribution in [1.29, 1.82) is 0 Å². The van der Waals surface area contributed by atoms with Crippen molar-refractivity contribution in [2.24, 2.45) is 17.3 Å². The predicted molar refractivity (Wildman–Crippen MR) is 152 cm³/mol. The Morgan fingerprint density at radius 2 is 1.68 bits per heavy atom. The summed E-state index contributed by atoms with van der Waals surface area (Å²) in [7, 11) is 0. The van der Waals surface area contributed by atoms with Crippen molar-refractivity contribution in [3.05, 3.63) is 41.5 Å². The summed E-state index contributed by atoms with van der Waals surface area (Å²) in [5.74, 6) is 2.86. The van der Waals surface area contributed by atoms with E-state index in [1.54, 1.807) is 0 Å². The van der Waals surface area contributed by atoms with E-state index in [1.807, 2.05) is 6.07 Å². The number of fused-ring (bicyclic) bond motifs is 5. The van der Waals surface area contributed by atoms with Crippen LogP contribution in [0.25, 0.3) is 0 Å². The molecule has 1 aromatic carbocycles. The number of Topliss-reactive ketones (excluding diaryl/α,β-unsaturated/α-hetero) is 1. The van der Waals surface area contributed by atoms with Crippen molar-refractivity contribution in [2.45, 2.75) is 135 Å². The van der Waals surface area contributed by atoms with E-state index >= 15 is 0 Å². The van der Waals surface area contributed by atoms with E-state index in [-0.39, 0.29) is 11.4 Å². The van der Waals surface area contributed by atoms with E-state index in [1.165, 1.54) is 56.1 Å². The second kappa shape index (κ2) is 13.8. The minimum absolute atomic E-state index is 0.0714. The van der Waals surface area contributed by atoms with Gasteiger partial charge in [0.15, 0.2) is 0 Å². The maximum absolute atomic E-state index is 12.6. The first-order valence-electron chi connectivity index (χ1n) is 15.5. The zero-order valence-corrected chi connectivity index (χ0v) is 23.6. The van der Waals surface area contributed by atoms with Crippen LogP contribution in [0.2, 0.25) is 0 Å². The molecule has 3 nitrogen and oxygen atoms in total. The van der Waals surface area contributed by atoms with Crippen LogP contribution in [-0.4, -0.2) is 11.8 Å². The molecule has 0 bridgehead atoms. The van der Waals surface area contributed by atoms with Crippen molar-refractivity contribution in [3.63, 3.8) is 0 Å². The van der Waals surface area contributed by atoms with Crippen LogP contribution in [0.4, 0.5) is 0 Å². The lowest BCUT2D eigenvalue weighted by Gasteiger charge is -2.48. The number of aryl methyl sites for hydroxylation is 1. The highest BCUT2D eigenvalue weighted by atomic mass is 16.5. The Morgan fingerprint density at radius 1 is 0.946 bits per heavy atom. The maximum Gasteiger partial charge on any atom is 0.311 e. The molecule has 3 aliphatic rings. The minimum Gasteiger partial charge on any atom is -0.427 e. The standard InChI is InChI=1S/C34H50O3/c1-3-4-5-6-7-8-9-10-11-12-13-14-15-16-33(36)37-27-18-20-28-26(25-27)17-19-30-29(28)23-24-34(2)31(30)21-22-32(34)35/h10-11,18,20,25,29-31H,3-9,12-17,19,21-24H2,1-2H3/b11-10-/t29-,30-,31+,34+/m1/s1. The van der Waals surface area contributed by atoms with Crippen LogP contribution in [0, 0.1) is 17.3 Å². The second-order valence-corrected chi connectivity index (χ2v) is 12.3. The van der Waals surface area contributed by atoms with Gasteiger partial charge in [0.2, 0.25) is 0 Å². The summed E-state index contributed by atoms with van der Waals surface area (Å²) in [5.41, 5.74) is 2.73. The summed E-state index contributed by atoms with van der Waals surface area (Å²) in [6.07, 6.45) is 25.0. The summed E-state index contributed by atoms with van der Waals surface area (Å²) in [4.78, 5) is 25.0. The van der Waals surface area contributed by atoms with Gasteiger partial charge in [0, 0.05) is 18.3 Å². The molecule has 0 spiro atoms. The molecule has 1 aromatic rings. The Labute approximate surface area is 225 Å². The number of carbonyl (C=O) groups excluding carboxylic acids is 2. The molecule has 0 unspecified atom stereocenters. The van der Waals surface area contributed by atoms with Gasteiger partial charge in [0.25, 0.3) is 0 Å². The number of carbonyl (C=O) groups is 2. The van der Waals surface area contributed by atoms with Crippen LogP contribution < -0.4 is 4.74 Å². The molecule has 0 saturated heterocycles. The Hall–Kier alpha value is -1.90. The van der Waals surface area contributed by atoms with Gasteiger partial charge in [0.1, 0.15) is 11.5 Å². The van der Waals surface area contributed by atoms with Crippen molar-refractivity contribution in [1.82, 2.24) is 0 Å². The molecular formula is C34H50O3. The minimum atomic E-state index is -0.106. The van der Waals surface area contributed by atoms with Crippen molar-refractivity contribution < 1.29 is 14.3 Å². The number of ketones is 1. The van der Waals surface area contributed by atoms with Gasteiger partial charge in [0.05, 0.1) is 0 Å². The second-order valence-electron chi connectivity index (χ2n) is 12.3. The van der Waals surface area contributed by atoms with Crippen molar-refractivity contribution >= 4 is 11.8 Å². The fourth-order valence-corrected chi connectivity index (χ4v) is 7.56. The topological polar surface area (TPSA) is 43.4 Å². The molecule has 0 aromatic heterocycles. The van der Waals surface area contributed by atoms with E-state index in [0.717, 1.165) is 64.2 Å². The van der Waals surface area contributed by atoms with Crippen LogP contribution in [0.15, 0.2) is 30.4 Å². The molecule has 0 radical (unpaired) electrons. The van der Waals surface area contributed by atoms with E-state index in [2.05, 4.69) is 38.1 Å². The summed E-state index contributed by atoms with van der Waals surface area (Å²) < 4.78 is 5.73. The van der Waals surface area contributed by atoms with Crippen molar-refractivity contribution in [3.8, 4) is 5.75 Å². The van der Waals surface area contributed by atoms with Gasteiger partial charge in [-0.1, -0.05) is 70.6 Å². The number of esters is 1. The van der Waals surface area contributed by atoms with Crippen LogP contribution in [0.3, 0.4) is 0 Å². The molecule has 2 fully saturated rings. The summed E-state index contributed by atoms with van der Waals surface area (Å²) in [6.45, 7) is 4.50. The first kappa shape index (κ1) is 28.1. The highest BCUT2D eigenvalue weighted by molar-refractivity contribution is 5.87. The third-order valence-electron chi connectivity index (χ3n) is 9.78. The average Bonchev–Trinajstić information content (AvgIpc) is 3.20. The number of hydrogen-bond acceptors (Lipinski definition) is 3. The number of rotatable bonds is 14. The predicted octanol–water partition coefficient (Wildman–Crippen LogP) is 9.27. The average molecular weight is 507 g/mol. The SMILES string of the molecule is CCCCCCCC/C=C\CCCCCC(=O)Oc1ccc2c(c1)CC[C@@H]1[C@@H]2CC[C@]2(C)C(=O)CC[C@@H]12. The Morgan fingerprint density at radius 3 is 2.46 bits per heavy atom. The summed E-state index contributed by atoms with van der Waals surface area (Å²) in [6, 6.07) is 6.33. The number of allylic oxidation sites excluding steroid dienone is 2. The van der Waals surface area contributed by atoms with Crippen LogP contribution in [-0.2, 0) is 16.0 Å². The van der Waals surface area contributed by atoms with Gasteiger partial charge in [-0.2, -0.15) is 0 Å². The van der Waals surface area contributed by atoms with Gasteiger partial charge in [-0.15, -0.1) is 0 Å². The van der Waals surface area contributed by atoms with Gasteiger partial charge < -0.3 is 4.74 Å². The first-order valence-corrected chi connectivity index (χ1v) is 15.5. The van der Waals surface area contributed by atoms with E-state index < -0.39 is 0 Å². The lowest BCUT2D eigenvalue weighted by molar-refractivity contribution is -0.134. The summed E-state index contributed by atoms with van der Waals surface area (Å²) >= 11 is 0. The number of benzene rings is 1. The lowest BCUT2D eigenvalue weighted by atomic mass is 9.55. The largest absolute Gasteiger partial charge is 0.427 e. The molecule has 3 aliphatic carbocycles. The smallest absolute Gasteiger partial charge is 0.311 e. The molecular weight excluding hydrogens is 456 g/mol. The van der Waals surface area contributed by atoms with Gasteiger partial charge in [-0.05, 0) is 105 Å². The third-order valence-corrected chi connectivity index (χ3v) is 9.78. The van der Waals surface area contributed by atoms with Gasteiger partial charge >= 0.3 is 5.97 Å². The molecule has 4 atom stereocenters. The normalized spacial score (nSPS) is 26.6. The summed E-state index contributed by atoms with van der Waals surface area (Å²) in [5, 5.41) is 0. The fourth-order valence-electron chi connectivity index (χ4n) is 7.56. The number of ether oxygens (including phenoxy) is 1. The lowest BCUT2D eigenvalue weighted by Crippen LogP contribution is -2.42.